The van der Waals surface area contributed by atoms with Crippen LogP contribution >= 0.6 is 11.8 Å². The van der Waals surface area contributed by atoms with Crippen molar-refractivity contribution in [3.63, 3.8) is 0 Å². The molecule has 7 heteroatoms. The molecular formula is C18H17FN2O3S. The SMILES string of the molecule is COc1cc(C)c(CSc2nnc(-c3ccccc3F)o2)cc1OC. The van der Waals surface area contributed by atoms with Gasteiger partial charge in [-0.25, -0.2) is 4.39 Å². The molecule has 1 aromatic heterocycles. The van der Waals surface area contributed by atoms with Crippen molar-refractivity contribution in [2.75, 3.05) is 14.2 Å². The lowest BCUT2D eigenvalue weighted by molar-refractivity contribution is 0.354. The van der Waals surface area contributed by atoms with Crippen molar-refractivity contribution in [1.29, 1.82) is 0 Å². The van der Waals surface area contributed by atoms with Gasteiger partial charge < -0.3 is 13.9 Å². The minimum atomic E-state index is -0.390. The standard InChI is InChI=1S/C18H17FN2O3S/c1-11-8-15(22-2)16(23-3)9-12(11)10-25-18-21-20-17(24-18)13-6-4-5-7-14(13)19/h4-9H,10H2,1-3H3. The van der Waals surface area contributed by atoms with Crippen LogP contribution in [0.1, 0.15) is 11.1 Å². The van der Waals surface area contributed by atoms with E-state index >= 15 is 0 Å². The number of aromatic nitrogens is 2. The molecule has 0 N–H and O–H groups in total. The predicted molar refractivity (Wildman–Crippen MR) is 93.5 cm³/mol. The van der Waals surface area contributed by atoms with Crippen LogP contribution in [0, 0.1) is 12.7 Å². The maximum atomic E-state index is 13.8. The molecule has 5 nitrogen and oxygen atoms in total. The molecule has 2 aromatic carbocycles. The van der Waals surface area contributed by atoms with Crippen molar-refractivity contribution < 1.29 is 18.3 Å². The van der Waals surface area contributed by atoms with Gasteiger partial charge in [-0.15, -0.1) is 10.2 Å². The minimum absolute atomic E-state index is 0.171. The summed E-state index contributed by atoms with van der Waals surface area (Å²) >= 11 is 1.38. The fourth-order valence-electron chi connectivity index (χ4n) is 2.33. The number of aryl methyl sites for hydroxylation is 1. The van der Waals surface area contributed by atoms with Gasteiger partial charge in [0.05, 0.1) is 19.8 Å². The monoisotopic (exact) mass is 360 g/mol. The van der Waals surface area contributed by atoms with Crippen molar-refractivity contribution in [3.8, 4) is 23.0 Å². The topological polar surface area (TPSA) is 57.4 Å². The highest BCUT2D eigenvalue weighted by Crippen LogP contribution is 2.33. The first-order valence-corrected chi connectivity index (χ1v) is 8.53. The number of rotatable bonds is 6. The lowest BCUT2D eigenvalue weighted by atomic mass is 10.1. The number of hydrogen-bond donors (Lipinski definition) is 0. The fourth-order valence-corrected chi connectivity index (χ4v) is 3.16. The van der Waals surface area contributed by atoms with Crippen LogP contribution in [-0.2, 0) is 5.75 Å². The van der Waals surface area contributed by atoms with Crippen LogP contribution in [0.15, 0.2) is 46.0 Å². The Morgan fingerprint density at radius 3 is 2.52 bits per heavy atom. The zero-order valence-electron chi connectivity index (χ0n) is 14.1. The van der Waals surface area contributed by atoms with Gasteiger partial charge in [0.2, 0.25) is 0 Å². The summed E-state index contributed by atoms with van der Waals surface area (Å²) in [6, 6.07) is 10.2. The summed E-state index contributed by atoms with van der Waals surface area (Å²) < 4.78 is 30.0. The van der Waals surface area contributed by atoms with E-state index in [1.807, 2.05) is 19.1 Å². The van der Waals surface area contributed by atoms with Gasteiger partial charge in [0, 0.05) is 5.75 Å². The number of nitrogens with zero attached hydrogens (tertiary/aromatic N) is 2. The summed E-state index contributed by atoms with van der Waals surface area (Å²) in [6.07, 6.45) is 0. The third-order valence-electron chi connectivity index (χ3n) is 3.70. The quantitative estimate of drug-likeness (QED) is 0.604. The summed E-state index contributed by atoms with van der Waals surface area (Å²) in [5, 5.41) is 8.28. The highest BCUT2D eigenvalue weighted by atomic mass is 32.2. The lowest BCUT2D eigenvalue weighted by Crippen LogP contribution is -1.95. The lowest BCUT2D eigenvalue weighted by Gasteiger charge is -2.11. The zero-order chi connectivity index (χ0) is 17.8. The highest BCUT2D eigenvalue weighted by molar-refractivity contribution is 7.98. The first kappa shape index (κ1) is 17.3. The van der Waals surface area contributed by atoms with Gasteiger partial charge in [-0.2, -0.15) is 0 Å². The van der Waals surface area contributed by atoms with Crippen LogP contribution in [0.5, 0.6) is 11.5 Å². The molecule has 0 unspecified atom stereocenters. The molecule has 25 heavy (non-hydrogen) atoms. The molecule has 0 amide bonds. The molecule has 0 saturated carbocycles. The molecule has 0 radical (unpaired) electrons. The Bertz CT molecular complexity index is 883. The number of benzene rings is 2. The molecule has 130 valence electrons. The molecular weight excluding hydrogens is 343 g/mol. The average molecular weight is 360 g/mol. The number of thioether (sulfide) groups is 1. The van der Waals surface area contributed by atoms with Gasteiger partial charge in [0.1, 0.15) is 5.82 Å². The fraction of sp³-hybridized carbons (Fsp3) is 0.222. The molecule has 3 rings (SSSR count). The Morgan fingerprint density at radius 1 is 1.08 bits per heavy atom. The van der Waals surface area contributed by atoms with Crippen LogP contribution in [-0.4, -0.2) is 24.4 Å². The summed E-state index contributed by atoms with van der Waals surface area (Å²) in [6.45, 7) is 2.00. The van der Waals surface area contributed by atoms with Crippen LogP contribution < -0.4 is 9.47 Å². The maximum absolute atomic E-state index is 13.8. The molecule has 1 heterocycles. The summed E-state index contributed by atoms with van der Waals surface area (Å²) in [5.74, 6) is 1.75. The number of hydrogen-bond acceptors (Lipinski definition) is 6. The zero-order valence-corrected chi connectivity index (χ0v) is 14.9. The summed E-state index contributed by atoms with van der Waals surface area (Å²) in [5.41, 5.74) is 2.43. The van der Waals surface area contributed by atoms with Crippen molar-refractivity contribution in [1.82, 2.24) is 10.2 Å². The number of ether oxygens (including phenoxy) is 2. The van der Waals surface area contributed by atoms with Gasteiger partial charge in [-0.1, -0.05) is 23.9 Å². The van der Waals surface area contributed by atoms with Crippen LogP contribution in [0.4, 0.5) is 4.39 Å². The van der Waals surface area contributed by atoms with Gasteiger partial charge in [0.15, 0.2) is 11.5 Å². The van der Waals surface area contributed by atoms with Crippen LogP contribution in [0.2, 0.25) is 0 Å². The van der Waals surface area contributed by atoms with E-state index in [1.54, 1.807) is 32.4 Å². The predicted octanol–water partition coefficient (Wildman–Crippen LogP) is 4.49. The van der Waals surface area contributed by atoms with Gasteiger partial charge >= 0.3 is 0 Å². The second-order valence-corrected chi connectivity index (χ2v) is 6.20. The van der Waals surface area contributed by atoms with Crippen LogP contribution in [0.25, 0.3) is 11.5 Å². The number of halogens is 1. The Hall–Kier alpha value is -2.54. The van der Waals surface area contributed by atoms with Crippen molar-refractivity contribution in [2.24, 2.45) is 0 Å². The Morgan fingerprint density at radius 2 is 1.80 bits per heavy atom. The van der Waals surface area contributed by atoms with E-state index in [-0.39, 0.29) is 5.89 Å². The summed E-state index contributed by atoms with van der Waals surface area (Å²) in [7, 11) is 3.21. The molecule has 0 fully saturated rings. The van der Waals surface area contributed by atoms with E-state index in [4.69, 9.17) is 13.9 Å². The van der Waals surface area contributed by atoms with E-state index in [0.29, 0.717) is 28.0 Å². The third kappa shape index (κ3) is 3.76. The first-order valence-electron chi connectivity index (χ1n) is 7.55. The largest absolute Gasteiger partial charge is 0.493 e. The smallest absolute Gasteiger partial charge is 0.277 e. The Balaban J connectivity index is 1.76. The molecule has 0 atom stereocenters. The number of methoxy groups -OCH3 is 2. The van der Waals surface area contributed by atoms with Crippen molar-refractivity contribution in [3.05, 3.63) is 53.3 Å². The highest BCUT2D eigenvalue weighted by Gasteiger charge is 2.14. The van der Waals surface area contributed by atoms with Gasteiger partial charge in [-0.3, -0.25) is 0 Å². The third-order valence-corrected chi connectivity index (χ3v) is 4.57. The van der Waals surface area contributed by atoms with E-state index < -0.39 is 5.82 Å². The minimum Gasteiger partial charge on any atom is -0.493 e. The van der Waals surface area contributed by atoms with Gasteiger partial charge in [0.25, 0.3) is 11.1 Å². The second-order valence-electron chi connectivity index (χ2n) is 5.28. The van der Waals surface area contributed by atoms with Gasteiger partial charge in [-0.05, 0) is 42.3 Å². The Kier molecular flexibility index (Phi) is 5.23. The van der Waals surface area contributed by atoms with Crippen molar-refractivity contribution >= 4 is 11.8 Å². The molecule has 0 aliphatic heterocycles. The average Bonchev–Trinajstić information content (AvgIpc) is 3.09. The molecule has 0 aliphatic carbocycles. The molecule has 0 spiro atoms. The molecule has 0 saturated heterocycles. The van der Waals surface area contributed by atoms with Crippen molar-refractivity contribution in [2.45, 2.75) is 17.9 Å². The Labute approximate surface area is 149 Å². The summed E-state index contributed by atoms with van der Waals surface area (Å²) in [4.78, 5) is 0. The molecule has 3 aromatic rings. The normalized spacial score (nSPS) is 10.7. The molecule has 0 bridgehead atoms. The van der Waals surface area contributed by atoms with E-state index in [2.05, 4.69) is 10.2 Å². The first-order chi connectivity index (χ1) is 12.1. The van der Waals surface area contributed by atoms with E-state index in [0.717, 1.165) is 11.1 Å². The molecule has 0 aliphatic rings. The van der Waals surface area contributed by atoms with E-state index in [9.17, 15) is 4.39 Å². The van der Waals surface area contributed by atoms with Crippen LogP contribution in [0.3, 0.4) is 0 Å². The second kappa shape index (κ2) is 7.57. The maximum Gasteiger partial charge on any atom is 0.277 e. The van der Waals surface area contributed by atoms with E-state index in [1.165, 1.54) is 17.8 Å².